The van der Waals surface area contributed by atoms with Gasteiger partial charge in [-0.3, -0.25) is 14.9 Å². The number of nitro groups is 1. The van der Waals surface area contributed by atoms with E-state index in [1.807, 2.05) is 25.1 Å². The van der Waals surface area contributed by atoms with Gasteiger partial charge in [-0.2, -0.15) is 0 Å². The number of carbonyl (C=O) groups excluding carboxylic acids is 1. The summed E-state index contributed by atoms with van der Waals surface area (Å²) in [5.41, 5.74) is 2.37. The fraction of sp³-hybridized carbons (Fsp3) is 0.190. The molecular weight excluding hydrogens is 342 g/mol. The Balaban J connectivity index is 1.64. The number of aryl methyl sites for hydroxylation is 1. The van der Waals surface area contributed by atoms with Crippen LogP contribution in [0.4, 0.5) is 11.4 Å². The molecular formula is C21H21N3O3. The lowest BCUT2D eigenvalue weighted by molar-refractivity contribution is -0.384. The van der Waals surface area contributed by atoms with Crippen molar-refractivity contribution in [2.45, 2.75) is 19.9 Å². The van der Waals surface area contributed by atoms with E-state index in [0.29, 0.717) is 11.3 Å². The highest BCUT2D eigenvalue weighted by atomic mass is 16.6. The number of non-ortho nitro benzene ring substituents is 1. The van der Waals surface area contributed by atoms with Crippen molar-refractivity contribution in [2.75, 3.05) is 11.9 Å². The zero-order chi connectivity index (χ0) is 19.4. The second kappa shape index (κ2) is 7.97. The van der Waals surface area contributed by atoms with E-state index in [1.165, 1.54) is 12.1 Å². The summed E-state index contributed by atoms with van der Waals surface area (Å²) < 4.78 is 0. The summed E-state index contributed by atoms with van der Waals surface area (Å²) in [7, 11) is 0. The first-order chi connectivity index (χ1) is 13.0. The molecule has 0 aliphatic rings. The number of hydrogen-bond donors (Lipinski definition) is 2. The standard InChI is InChI=1S/C21H21N3O3/c1-14-12-17(24(26)27)10-11-20(14)23-21(25)13-22-15(2)18-9-5-7-16-6-3-4-8-19(16)18/h3-12,15,22H,13H2,1-2H3,(H,23,25). The Morgan fingerprint density at radius 1 is 1.11 bits per heavy atom. The highest BCUT2D eigenvalue weighted by Crippen LogP contribution is 2.24. The molecule has 6 heteroatoms. The lowest BCUT2D eigenvalue weighted by Gasteiger charge is -2.17. The fourth-order valence-corrected chi connectivity index (χ4v) is 3.08. The third kappa shape index (κ3) is 4.30. The molecule has 1 amide bonds. The SMILES string of the molecule is Cc1cc([N+](=O)[O-])ccc1NC(=O)CNC(C)c1cccc2ccccc12. The summed E-state index contributed by atoms with van der Waals surface area (Å²) >= 11 is 0. The minimum absolute atomic E-state index is 0.000178. The molecule has 0 saturated heterocycles. The van der Waals surface area contributed by atoms with E-state index in [2.05, 4.69) is 34.9 Å². The number of nitrogens with zero attached hydrogens (tertiary/aromatic N) is 1. The molecule has 3 aromatic rings. The Kier molecular flexibility index (Phi) is 5.47. The van der Waals surface area contributed by atoms with Crippen molar-refractivity contribution in [3.8, 4) is 0 Å². The predicted molar refractivity (Wildman–Crippen MR) is 107 cm³/mol. The van der Waals surface area contributed by atoms with Crippen molar-refractivity contribution in [3.63, 3.8) is 0 Å². The summed E-state index contributed by atoms with van der Waals surface area (Å²) in [5, 5.41) is 19.2. The van der Waals surface area contributed by atoms with Crippen LogP contribution in [0.3, 0.4) is 0 Å². The van der Waals surface area contributed by atoms with Gasteiger partial charge >= 0.3 is 0 Å². The van der Waals surface area contributed by atoms with Gasteiger partial charge < -0.3 is 10.6 Å². The van der Waals surface area contributed by atoms with Crippen molar-refractivity contribution in [3.05, 3.63) is 81.9 Å². The highest BCUT2D eigenvalue weighted by Gasteiger charge is 2.13. The topological polar surface area (TPSA) is 84.3 Å². The maximum Gasteiger partial charge on any atom is 0.269 e. The van der Waals surface area contributed by atoms with Crippen LogP contribution in [-0.4, -0.2) is 17.4 Å². The van der Waals surface area contributed by atoms with Crippen molar-refractivity contribution in [1.29, 1.82) is 0 Å². The van der Waals surface area contributed by atoms with E-state index >= 15 is 0 Å². The van der Waals surface area contributed by atoms with Crippen LogP contribution in [0.25, 0.3) is 10.8 Å². The Labute approximate surface area is 157 Å². The monoisotopic (exact) mass is 363 g/mol. The third-order valence-electron chi connectivity index (χ3n) is 4.55. The first kappa shape index (κ1) is 18.5. The van der Waals surface area contributed by atoms with Crippen molar-refractivity contribution < 1.29 is 9.72 Å². The number of anilines is 1. The maximum absolute atomic E-state index is 12.3. The average molecular weight is 363 g/mol. The van der Waals surface area contributed by atoms with Gasteiger partial charge in [0.25, 0.3) is 5.69 Å². The van der Waals surface area contributed by atoms with Gasteiger partial charge in [0.1, 0.15) is 0 Å². The molecule has 0 aliphatic carbocycles. The number of benzene rings is 3. The molecule has 138 valence electrons. The van der Waals surface area contributed by atoms with Crippen LogP contribution in [0, 0.1) is 17.0 Å². The Hall–Kier alpha value is -3.25. The minimum Gasteiger partial charge on any atom is -0.325 e. The van der Waals surface area contributed by atoms with E-state index in [0.717, 1.165) is 16.3 Å². The van der Waals surface area contributed by atoms with Crippen LogP contribution in [0.15, 0.2) is 60.7 Å². The van der Waals surface area contributed by atoms with Gasteiger partial charge in [-0.05, 0) is 41.8 Å². The number of hydrogen-bond acceptors (Lipinski definition) is 4. The van der Waals surface area contributed by atoms with E-state index < -0.39 is 4.92 Å². The molecule has 0 saturated carbocycles. The van der Waals surface area contributed by atoms with Crippen molar-refractivity contribution in [1.82, 2.24) is 5.32 Å². The summed E-state index contributed by atoms with van der Waals surface area (Å²) in [6.45, 7) is 3.89. The smallest absolute Gasteiger partial charge is 0.269 e. The molecule has 0 fully saturated rings. The number of rotatable bonds is 6. The number of amides is 1. The van der Waals surface area contributed by atoms with Gasteiger partial charge in [-0.25, -0.2) is 0 Å². The number of nitro benzene ring substituents is 1. The summed E-state index contributed by atoms with van der Waals surface area (Å²) in [4.78, 5) is 22.6. The van der Waals surface area contributed by atoms with Crippen LogP contribution in [0.5, 0.6) is 0 Å². The first-order valence-corrected chi connectivity index (χ1v) is 8.71. The second-order valence-electron chi connectivity index (χ2n) is 6.48. The number of fused-ring (bicyclic) bond motifs is 1. The zero-order valence-electron chi connectivity index (χ0n) is 15.2. The molecule has 0 bridgehead atoms. The van der Waals surface area contributed by atoms with Gasteiger partial charge in [0.15, 0.2) is 0 Å². The lowest BCUT2D eigenvalue weighted by Crippen LogP contribution is -2.30. The van der Waals surface area contributed by atoms with Crippen molar-refractivity contribution >= 4 is 28.1 Å². The Morgan fingerprint density at radius 2 is 1.85 bits per heavy atom. The number of carbonyl (C=O) groups is 1. The van der Waals surface area contributed by atoms with Gasteiger partial charge in [0, 0.05) is 23.9 Å². The van der Waals surface area contributed by atoms with Crippen LogP contribution >= 0.6 is 0 Å². The molecule has 1 unspecified atom stereocenters. The largest absolute Gasteiger partial charge is 0.325 e. The molecule has 6 nitrogen and oxygen atoms in total. The Bertz CT molecular complexity index is 996. The molecule has 0 radical (unpaired) electrons. The van der Waals surface area contributed by atoms with E-state index in [1.54, 1.807) is 13.0 Å². The molecule has 1 atom stereocenters. The normalized spacial score (nSPS) is 11.9. The molecule has 0 heterocycles. The Morgan fingerprint density at radius 3 is 2.59 bits per heavy atom. The molecule has 2 N–H and O–H groups in total. The van der Waals surface area contributed by atoms with Gasteiger partial charge in [-0.15, -0.1) is 0 Å². The summed E-state index contributed by atoms with van der Waals surface area (Å²) in [6.07, 6.45) is 0. The van der Waals surface area contributed by atoms with Crippen LogP contribution in [0.2, 0.25) is 0 Å². The molecule has 0 spiro atoms. The highest BCUT2D eigenvalue weighted by molar-refractivity contribution is 5.93. The summed E-state index contributed by atoms with van der Waals surface area (Å²) in [5.74, 6) is -0.195. The van der Waals surface area contributed by atoms with Gasteiger partial charge in [-0.1, -0.05) is 42.5 Å². The predicted octanol–water partition coefficient (Wildman–Crippen LogP) is 4.35. The molecule has 3 rings (SSSR count). The van der Waals surface area contributed by atoms with Crippen molar-refractivity contribution in [2.24, 2.45) is 0 Å². The minimum atomic E-state index is -0.452. The molecule has 0 aromatic heterocycles. The second-order valence-corrected chi connectivity index (χ2v) is 6.48. The van der Waals surface area contributed by atoms with E-state index in [9.17, 15) is 14.9 Å². The molecule has 0 aliphatic heterocycles. The van der Waals surface area contributed by atoms with Crippen LogP contribution in [0.1, 0.15) is 24.1 Å². The van der Waals surface area contributed by atoms with Crippen LogP contribution < -0.4 is 10.6 Å². The molecule has 3 aromatic carbocycles. The fourth-order valence-electron chi connectivity index (χ4n) is 3.08. The summed E-state index contributed by atoms with van der Waals surface area (Å²) in [6, 6.07) is 18.7. The average Bonchev–Trinajstić information content (AvgIpc) is 2.67. The van der Waals surface area contributed by atoms with Gasteiger partial charge in [0.2, 0.25) is 5.91 Å². The third-order valence-corrected chi connectivity index (χ3v) is 4.55. The maximum atomic E-state index is 12.3. The van der Waals surface area contributed by atoms with E-state index in [4.69, 9.17) is 0 Å². The van der Waals surface area contributed by atoms with Crippen LogP contribution in [-0.2, 0) is 4.79 Å². The zero-order valence-corrected chi connectivity index (χ0v) is 15.2. The first-order valence-electron chi connectivity index (χ1n) is 8.71. The lowest BCUT2D eigenvalue weighted by atomic mass is 10.00. The number of nitrogens with one attached hydrogen (secondary N) is 2. The quantitative estimate of drug-likeness (QED) is 0.504. The molecule has 27 heavy (non-hydrogen) atoms. The van der Waals surface area contributed by atoms with Gasteiger partial charge in [0.05, 0.1) is 11.5 Å². The van der Waals surface area contributed by atoms with E-state index in [-0.39, 0.29) is 24.2 Å².